The Morgan fingerprint density at radius 1 is 1.22 bits per heavy atom. The molecule has 0 atom stereocenters. The molecule has 6 nitrogen and oxygen atoms in total. The molecule has 0 aliphatic carbocycles. The van der Waals surface area contributed by atoms with E-state index in [9.17, 15) is 10.1 Å². The van der Waals surface area contributed by atoms with Crippen LogP contribution in [0.5, 0.6) is 0 Å². The number of nitriles is 1. The van der Waals surface area contributed by atoms with Crippen LogP contribution in [-0.4, -0.2) is 16.1 Å². The van der Waals surface area contributed by atoms with E-state index in [1.165, 1.54) is 6.08 Å². The van der Waals surface area contributed by atoms with E-state index < -0.39 is 5.97 Å². The molecular formula is C20H14ClN3O3. The quantitative estimate of drug-likeness (QED) is 0.372. The van der Waals surface area contributed by atoms with Gasteiger partial charge in [-0.15, -0.1) is 0 Å². The molecule has 1 heterocycles. The van der Waals surface area contributed by atoms with Gasteiger partial charge in [-0.1, -0.05) is 46.6 Å². The molecule has 3 rings (SSSR count). The first-order valence-electron chi connectivity index (χ1n) is 7.99. The van der Waals surface area contributed by atoms with Crippen molar-refractivity contribution in [2.45, 2.75) is 13.5 Å². The minimum Gasteiger partial charge on any atom is -0.451 e. The summed E-state index contributed by atoms with van der Waals surface area (Å²) in [5.41, 5.74) is 2.42. The summed E-state index contributed by atoms with van der Waals surface area (Å²) < 4.78 is 10.2. The average molecular weight is 380 g/mol. The highest BCUT2D eigenvalue weighted by molar-refractivity contribution is 6.30. The van der Waals surface area contributed by atoms with Gasteiger partial charge in [0.1, 0.15) is 11.6 Å². The maximum absolute atomic E-state index is 12.1. The molecule has 0 saturated heterocycles. The number of halogens is 1. The summed E-state index contributed by atoms with van der Waals surface area (Å²) in [6.07, 6.45) is 1.47. The zero-order valence-corrected chi connectivity index (χ0v) is 15.1. The van der Waals surface area contributed by atoms with E-state index in [0.717, 1.165) is 16.7 Å². The Morgan fingerprint density at radius 2 is 1.93 bits per heavy atom. The normalized spacial score (nSPS) is 11.1. The summed E-state index contributed by atoms with van der Waals surface area (Å²) in [6, 6.07) is 16.2. The lowest BCUT2D eigenvalue weighted by molar-refractivity contribution is -0.140. The van der Waals surface area contributed by atoms with Gasteiger partial charge in [-0.25, -0.2) is 4.79 Å². The zero-order chi connectivity index (χ0) is 19.2. The summed E-state index contributed by atoms with van der Waals surface area (Å²) >= 11 is 5.84. The Kier molecular flexibility index (Phi) is 5.64. The smallest absolute Gasteiger partial charge is 0.349 e. The van der Waals surface area contributed by atoms with Gasteiger partial charge in [0, 0.05) is 10.6 Å². The second-order valence-corrected chi connectivity index (χ2v) is 6.11. The Hall–Kier alpha value is -3.43. The van der Waals surface area contributed by atoms with E-state index in [-0.39, 0.29) is 18.1 Å². The van der Waals surface area contributed by atoms with Gasteiger partial charge in [-0.05, 0) is 42.8 Å². The number of nitrogens with zero attached hydrogens (tertiary/aromatic N) is 3. The van der Waals surface area contributed by atoms with E-state index >= 15 is 0 Å². The van der Waals surface area contributed by atoms with Crippen molar-refractivity contribution in [2.24, 2.45) is 0 Å². The third kappa shape index (κ3) is 4.81. The Bertz CT molecular complexity index is 1020. The fourth-order valence-corrected chi connectivity index (χ4v) is 2.33. The van der Waals surface area contributed by atoms with Crippen molar-refractivity contribution >= 4 is 23.6 Å². The molecule has 134 valence electrons. The van der Waals surface area contributed by atoms with Crippen molar-refractivity contribution in [1.29, 1.82) is 5.26 Å². The van der Waals surface area contributed by atoms with E-state index in [4.69, 9.17) is 20.9 Å². The number of esters is 1. The number of carbonyl (C=O) groups is 1. The number of hydrogen-bond donors (Lipinski definition) is 0. The highest BCUT2D eigenvalue weighted by atomic mass is 35.5. The third-order valence-corrected chi connectivity index (χ3v) is 3.88. The molecule has 0 fully saturated rings. The molecule has 0 saturated carbocycles. The van der Waals surface area contributed by atoms with E-state index in [2.05, 4.69) is 10.1 Å². The molecule has 0 radical (unpaired) electrons. The summed E-state index contributed by atoms with van der Waals surface area (Å²) in [6.45, 7) is 1.72. The van der Waals surface area contributed by atoms with Gasteiger partial charge in [-0.2, -0.15) is 10.2 Å². The molecule has 27 heavy (non-hydrogen) atoms. The van der Waals surface area contributed by atoms with Crippen LogP contribution in [0.4, 0.5) is 0 Å². The zero-order valence-electron chi connectivity index (χ0n) is 14.3. The van der Waals surface area contributed by atoms with Crippen LogP contribution in [0.25, 0.3) is 17.5 Å². The molecule has 0 unspecified atom stereocenters. The second kappa shape index (κ2) is 8.30. The van der Waals surface area contributed by atoms with Crippen LogP contribution in [0.2, 0.25) is 5.02 Å². The number of aryl methyl sites for hydroxylation is 1. The predicted molar refractivity (Wildman–Crippen MR) is 99.3 cm³/mol. The van der Waals surface area contributed by atoms with Crippen LogP contribution in [0, 0.1) is 18.3 Å². The first-order valence-corrected chi connectivity index (χ1v) is 8.37. The highest BCUT2D eigenvalue weighted by Crippen LogP contribution is 2.19. The van der Waals surface area contributed by atoms with Crippen LogP contribution < -0.4 is 0 Å². The lowest BCUT2D eigenvalue weighted by Crippen LogP contribution is -2.07. The van der Waals surface area contributed by atoms with Crippen LogP contribution in [0.15, 0.2) is 58.6 Å². The Morgan fingerprint density at radius 3 is 2.59 bits per heavy atom. The van der Waals surface area contributed by atoms with E-state index in [0.29, 0.717) is 10.8 Å². The van der Waals surface area contributed by atoms with Crippen molar-refractivity contribution in [3.63, 3.8) is 0 Å². The molecule has 0 aliphatic heterocycles. The molecule has 0 spiro atoms. The molecule has 1 aromatic heterocycles. The van der Waals surface area contributed by atoms with Crippen LogP contribution >= 0.6 is 11.6 Å². The molecule has 0 amide bonds. The van der Waals surface area contributed by atoms with Gasteiger partial charge in [-0.3, -0.25) is 0 Å². The third-order valence-electron chi connectivity index (χ3n) is 3.63. The van der Waals surface area contributed by atoms with Gasteiger partial charge in [0.25, 0.3) is 5.89 Å². The summed E-state index contributed by atoms with van der Waals surface area (Å²) in [5.74, 6) is -0.279. The minimum atomic E-state index is -0.760. The van der Waals surface area contributed by atoms with E-state index in [1.807, 2.05) is 37.3 Å². The summed E-state index contributed by atoms with van der Waals surface area (Å²) in [7, 11) is 0. The van der Waals surface area contributed by atoms with Crippen LogP contribution in [-0.2, 0) is 16.1 Å². The van der Waals surface area contributed by atoms with E-state index in [1.54, 1.807) is 24.3 Å². The topological polar surface area (TPSA) is 89.0 Å². The molecule has 0 N–H and O–H groups in total. The standard InChI is InChI=1S/C20H14ClN3O3/c1-13-2-4-14(5-3-13)10-16(11-22)20(25)26-12-18-23-19(24-27-18)15-6-8-17(21)9-7-15/h2-10H,12H2,1H3/b16-10+. The number of aromatic nitrogens is 2. The molecule has 0 aliphatic rings. The van der Waals surface area contributed by atoms with Gasteiger partial charge < -0.3 is 9.26 Å². The second-order valence-electron chi connectivity index (χ2n) is 5.68. The van der Waals surface area contributed by atoms with Gasteiger partial charge in [0.2, 0.25) is 5.82 Å². The Labute approximate surface area is 160 Å². The maximum atomic E-state index is 12.1. The number of ether oxygens (including phenoxy) is 1. The number of hydrogen-bond acceptors (Lipinski definition) is 6. The van der Waals surface area contributed by atoms with Gasteiger partial charge in [0.15, 0.2) is 6.61 Å². The Balaban J connectivity index is 1.65. The van der Waals surface area contributed by atoms with Gasteiger partial charge in [0.05, 0.1) is 0 Å². The van der Waals surface area contributed by atoms with Crippen molar-refractivity contribution in [3.05, 3.63) is 76.1 Å². The monoisotopic (exact) mass is 379 g/mol. The predicted octanol–water partition coefficient (Wildman–Crippen LogP) is 4.35. The number of benzene rings is 2. The van der Waals surface area contributed by atoms with Gasteiger partial charge >= 0.3 is 5.97 Å². The van der Waals surface area contributed by atoms with Crippen molar-refractivity contribution in [1.82, 2.24) is 10.1 Å². The van der Waals surface area contributed by atoms with Crippen molar-refractivity contribution in [3.8, 4) is 17.5 Å². The van der Waals surface area contributed by atoms with Crippen molar-refractivity contribution < 1.29 is 14.1 Å². The molecular weight excluding hydrogens is 366 g/mol. The summed E-state index contributed by atoms with van der Waals surface area (Å²) in [4.78, 5) is 16.3. The molecule has 0 bridgehead atoms. The first-order chi connectivity index (χ1) is 13.0. The lowest BCUT2D eigenvalue weighted by Gasteiger charge is -2.01. The lowest BCUT2D eigenvalue weighted by atomic mass is 10.1. The van der Waals surface area contributed by atoms with Crippen LogP contribution in [0.3, 0.4) is 0 Å². The fraction of sp³-hybridized carbons (Fsp3) is 0.100. The molecule has 3 aromatic rings. The number of carbonyl (C=O) groups excluding carboxylic acids is 1. The summed E-state index contributed by atoms with van der Waals surface area (Å²) in [5, 5.41) is 13.6. The number of rotatable bonds is 5. The maximum Gasteiger partial charge on any atom is 0.349 e. The molecule has 2 aromatic carbocycles. The first kappa shape index (κ1) is 18.4. The fourth-order valence-electron chi connectivity index (χ4n) is 2.20. The SMILES string of the molecule is Cc1ccc(/C=C(\C#N)C(=O)OCc2nc(-c3ccc(Cl)cc3)no2)cc1. The van der Waals surface area contributed by atoms with Crippen LogP contribution in [0.1, 0.15) is 17.0 Å². The minimum absolute atomic E-state index is 0.115. The highest BCUT2D eigenvalue weighted by Gasteiger charge is 2.14. The van der Waals surface area contributed by atoms with Crippen molar-refractivity contribution in [2.75, 3.05) is 0 Å². The molecule has 7 heteroatoms. The average Bonchev–Trinajstić information content (AvgIpc) is 3.15. The largest absolute Gasteiger partial charge is 0.451 e.